The van der Waals surface area contributed by atoms with E-state index in [0.717, 1.165) is 37.6 Å². The molecular formula is C16H24FNO2. The normalized spacial score (nSPS) is 19.2. The highest BCUT2D eigenvalue weighted by molar-refractivity contribution is 5.43. The maximum Gasteiger partial charge on any atom is 0.160 e. The summed E-state index contributed by atoms with van der Waals surface area (Å²) in [5.41, 5.74) is 1.28. The van der Waals surface area contributed by atoms with Crippen LogP contribution in [-0.4, -0.2) is 45.4 Å². The Hall–Kier alpha value is -1.29. The summed E-state index contributed by atoms with van der Waals surface area (Å²) in [6.07, 6.45) is 2.90. The van der Waals surface area contributed by atoms with E-state index in [0.29, 0.717) is 12.3 Å². The van der Waals surface area contributed by atoms with Crippen LogP contribution in [-0.2, 0) is 6.42 Å². The second kappa shape index (κ2) is 7.48. The number of likely N-dealkylation sites (tertiary alicyclic amines) is 1. The fraction of sp³-hybridized carbons (Fsp3) is 0.625. The summed E-state index contributed by atoms with van der Waals surface area (Å²) in [5.74, 6) is 2.22. The zero-order valence-corrected chi connectivity index (χ0v) is 12.4. The standard InChI is InChI=1S/C16H24FNO2/c1-19-15-5-4-13(11-16(15)20-2)10-14-6-9-18(12-14)8-3-7-17/h4-5,11,14H,3,6-10,12H2,1-2H3. The van der Waals surface area contributed by atoms with Gasteiger partial charge in [-0.2, -0.15) is 0 Å². The Labute approximate surface area is 120 Å². The lowest BCUT2D eigenvalue weighted by atomic mass is 9.98. The molecule has 0 N–H and O–H groups in total. The summed E-state index contributed by atoms with van der Waals surface area (Å²) < 4.78 is 22.8. The van der Waals surface area contributed by atoms with E-state index >= 15 is 0 Å². The van der Waals surface area contributed by atoms with Crippen molar-refractivity contribution >= 4 is 0 Å². The molecule has 0 radical (unpaired) electrons. The SMILES string of the molecule is COc1ccc(CC2CCN(CCCF)C2)cc1OC. The third-order valence-corrected chi connectivity index (χ3v) is 3.95. The minimum atomic E-state index is -0.211. The van der Waals surface area contributed by atoms with Gasteiger partial charge in [0.15, 0.2) is 11.5 Å². The first-order valence-electron chi connectivity index (χ1n) is 7.26. The molecule has 0 saturated carbocycles. The van der Waals surface area contributed by atoms with Gasteiger partial charge in [0.25, 0.3) is 0 Å². The van der Waals surface area contributed by atoms with E-state index in [9.17, 15) is 4.39 Å². The Morgan fingerprint density at radius 1 is 1.25 bits per heavy atom. The lowest BCUT2D eigenvalue weighted by molar-refractivity contribution is 0.301. The fourth-order valence-electron chi connectivity index (χ4n) is 2.91. The van der Waals surface area contributed by atoms with Gasteiger partial charge in [-0.05, 0) is 49.4 Å². The summed E-state index contributed by atoms with van der Waals surface area (Å²) >= 11 is 0. The molecule has 0 aliphatic carbocycles. The Bertz CT molecular complexity index is 425. The Balaban J connectivity index is 1.91. The van der Waals surface area contributed by atoms with E-state index in [1.807, 2.05) is 6.07 Å². The molecule has 1 aliphatic heterocycles. The average Bonchev–Trinajstić information content (AvgIpc) is 2.92. The fourth-order valence-corrected chi connectivity index (χ4v) is 2.91. The van der Waals surface area contributed by atoms with E-state index in [4.69, 9.17) is 9.47 Å². The van der Waals surface area contributed by atoms with E-state index in [-0.39, 0.29) is 6.67 Å². The van der Waals surface area contributed by atoms with Gasteiger partial charge in [0.05, 0.1) is 20.9 Å². The molecule has 3 nitrogen and oxygen atoms in total. The second-order valence-corrected chi connectivity index (χ2v) is 5.39. The molecule has 1 aliphatic rings. The van der Waals surface area contributed by atoms with Crippen molar-refractivity contribution in [3.05, 3.63) is 23.8 Å². The number of halogens is 1. The highest BCUT2D eigenvalue weighted by Crippen LogP contribution is 2.29. The van der Waals surface area contributed by atoms with Crippen LogP contribution >= 0.6 is 0 Å². The molecule has 1 atom stereocenters. The summed E-state index contributed by atoms with van der Waals surface area (Å²) in [6.45, 7) is 2.85. The van der Waals surface area contributed by atoms with Crippen LogP contribution in [0.3, 0.4) is 0 Å². The first kappa shape index (κ1) is 15.1. The molecule has 2 rings (SSSR count). The number of ether oxygens (including phenoxy) is 2. The van der Waals surface area contributed by atoms with Crippen LogP contribution < -0.4 is 9.47 Å². The van der Waals surface area contributed by atoms with Gasteiger partial charge >= 0.3 is 0 Å². The monoisotopic (exact) mass is 281 g/mol. The Kier molecular flexibility index (Phi) is 5.65. The quantitative estimate of drug-likeness (QED) is 0.767. The van der Waals surface area contributed by atoms with E-state index in [1.165, 1.54) is 12.0 Å². The Morgan fingerprint density at radius 2 is 2.05 bits per heavy atom. The van der Waals surface area contributed by atoms with Crippen molar-refractivity contribution in [3.8, 4) is 11.5 Å². The molecule has 0 bridgehead atoms. The van der Waals surface area contributed by atoms with Crippen molar-refractivity contribution in [2.24, 2.45) is 5.92 Å². The summed E-state index contributed by atoms with van der Waals surface area (Å²) in [4.78, 5) is 2.37. The van der Waals surface area contributed by atoms with E-state index < -0.39 is 0 Å². The molecule has 1 saturated heterocycles. The van der Waals surface area contributed by atoms with Gasteiger partial charge in [-0.15, -0.1) is 0 Å². The van der Waals surface area contributed by atoms with Crippen LogP contribution in [0.4, 0.5) is 4.39 Å². The molecule has 20 heavy (non-hydrogen) atoms. The molecular weight excluding hydrogens is 257 g/mol. The van der Waals surface area contributed by atoms with Crippen LogP contribution in [0.1, 0.15) is 18.4 Å². The number of hydrogen-bond donors (Lipinski definition) is 0. The highest BCUT2D eigenvalue weighted by atomic mass is 19.1. The van der Waals surface area contributed by atoms with Gasteiger partial charge in [0, 0.05) is 13.1 Å². The van der Waals surface area contributed by atoms with Gasteiger partial charge < -0.3 is 14.4 Å². The number of rotatable bonds is 7. The van der Waals surface area contributed by atoms with E-state index in [2.05, 4.69) is 17.0 Å². The predicted molar refractivity (Wildman–Crippen MR) is 78.4 cm³/mol. The smallest absolute Gasteiger partial charge is 0.160 e. The van der Waals surface area contributed by atoms with Crippen LogP contribution in [0.5, 0.6) is 11.5 Å². The lowest BCUT2D eigenvalue weighted by Gasteiger charge is -2.15. The number of benzene rings is 1. The van der Waals surface area contributed by atoms with Crippen LogP contribution in [0.25, 0.3) is 0 Å². The maximum atomic E-state index is 12.2. The van der Waals surface area contributed by atoms with Gasteiger partial charge in [-0.25, -0.2) is 0 Å². The van der Waals surface area contributed by atoms with Crippen molar-refractivity contribution in [2.75, 3.05) is 40.5 Å². The zero-order valence-electron chi connectivity index (χ0n) is 12.4. The lowest BCUT2D eigenvalue weighted by Crippen LogP contribution is -2.22. The highest BCUT2D eigenvalue weighted by Gasteiger charge is 2.22. The van der Waals surface area contributed by atoms with Gasteiger partial charge in [-0.1, -0.05) is 6.07 Å². The number of hydrogen-bond acceptors (Lipinski definition) is 3. The molecule has 0 aromatic heterocycles. The van der Waals surface area contributed by atoms with Crippen molar-refractivity contribution in [3.63, 3.8) is 0 Å². The summed E-state index contributed by atoms with van der Waals surface area (Å²) in [7, 11) is 3.31. The number of alkyl halides is 1. The molecule has 1 aromatic rings. The molecule has 1 unspecified atom stereocenters. The molecule has 0 spiro atoms. The number of nitrogens with zero attached hydrogens (tertiary/aromatic N) is 1. The van der Waals surface area contributed by atoms with Crippen molar-refractivity contribution in [2.45, 2.75) is 19.3 Å². The van der Waals surface area contributed by atoms with Crippen molar-refractivity contribution in [1.29, 1.82) is 0 Å². The van der Waals surface area contributed by atoms with Crippen molar-refractivity contribution in [1.82, 2.24) is 4.90 Å². The van der Waals surface area contributed by atoms with Gasteiger partial charge in [0.2, 0.25) is 0 Å². The molecule has 1 aromatic carbocycles. The van der Waals surface area contributed by atoms with E-state index in [1.54, 1.807) is 14.2 Å². The first-order valence-corrected chi connectivity index (χ1v) is 7.26. The minimum absolute atomic E-state index is 0.211. The van der Waals surface area contributed by atoms with Crippen LogP contribution in [0.15, 0.2) is 18.2 Å². The Morgan fingerprint density at radius 3 is 2.75 bits per heavy atom. The molecule has 1 heterocycles. The predicted octanol–water partition coefficient (Wildman–Crippen LogP) is 2.93. The van der Waals surface area contributed by atoms with Crippen LogP contribution in [0.2, 0.25) is 0 Å². The van der Waals surface area contributed by atoms with Crippen LogP contribution in [0, 0.1) is 5.92 Å². The first-order chi connectivity index (χ1) is 9.76. The molecule has 112 valence electrons. The summed E-state index contributed by atoms with van der Waals surface area (Å²) in [5, 5.41) is 0. The maximum absolute atomic E-state index is 12.2. The summed E-state index contributed by atoms with van der Waals surface area (Å²) in [6, 6.07) is 6.12. The average molecular weight is 281 g/mol. The van der Waals surface area contributed by atoms with Gasteiger partial charge in [-0.3, -0.25) is 4.39 Å². The number of methoxy groups -OCH3 is 2. The third-order valence-electron chi connectivity index (χ3n) is 3.95. The topological polar surface area (TPSA) is 21.7 Å². The molecule has 4 heteroatoms. The molecule has 0 amide bonds. The second-order valence-electron chi connectivity index (χ2n) is 5.39. The largest absolute Gasteiger partial charge is 0.493 e. The van der Waals surface area contributed by atoms with Gasteiger partial charge in [0.1, 0.15) is 0 Å². The third kappa shape index (κ3) is 3.85. The zero-order chi connectivity index (χ0) is 14.4. The van der Waals surface area contributed by atoms with Crippen molar-refractivity contribution < 1.29 is 13.9 Å². The molecule has 1 fully saturated rings. The minimum Gasteiger partial charge on any atom is -0.493 e.